The molecule has 0 aromatic heterocycles. The first-order valence-electron chi connectivity index (χ1n) is 8.06. The molecule has 0 atom stereocenters. The molecule has 1 aromatic rings. The largest absolute Gasteiger partial charge is 0.377 e. The number of carbonyl (C=O) groups excluding carboxylic acids is 1. The van der Waals surface area contributed by atoms with Gasteiger partial charge in [-0.05, 0) is 46.1 Å². The van der Waals surface area contributed by atoms with Crippen molar-refractivity contribution >= 4 is 5.91 Å². The summed E-state index contributed by atoms with van der Waals surface area (Å²) in [6, 6.07) is 10.2. The van der Waals surface area contributed by atoms with Crippen LogP contribution < -0.4 is 5.32 Å². The van der Waals surface area contributed by atoms with E-state index in [9.17, 15) is 4.79 Å². The van der Waals surface area contributed by atoms with Crippen LogP contribution in [0, 0.1) is 0 Å². The molecule has 1 saturated heterocycles. The number of nitrogens with one attached hydrogen (secondary N) is 1. The average molecular weight is 304 g/mol. The van der Waals surface area contributed by atoms with Crippen LogP contribution in [0.4, 0.5) is 0 Å². The van der Waals surface area contributed by atoms with Crippen LogP contribution in [-0.4, -0.2) is 35.2 Å². The number of hydrogen-bond donors (Lipinski definition) is 1. The predicted octanol–water partition coefficient (Wildman–Crippen LogP) is 2.93. The van der Waals surface area contributed by atoms with Gasteiger partial charge in [0.25, 0.3) is 0 Å². The maximum Gasteiger partial charge on any atom is 0.243 e. The van der Waals surface area contributed by atoms with E-state index in [1.165, 1.54) is 5.56 Å². The molecule has 1 heterocycles. The molecule has 0 saturated carbocycles. The van der Waals surface area contributed by atoms with E-state index in [2.05, 4.69) is 31.3 Å². The fourth-order valence-electron chi connectivity index (χ4n) is 3.10. The lowest BCUT2D eigenvalue weighted by Crippen LogP contribution is -2.48. The number of rotatable bonds is 7. The van der Waals surface area contributed by atoms with Crippen LogP contribution in [0.15, 0.2) is 30.3 Å². The van der Waals surface area contributed by atoms with Gasteiger partial charge in [-0.2, -0.15) is 0 Å². The van der Waals surface area contributed by atoms with Gasteiger partial charge in [0, 0.05) is 13.2 Å². The molecule has 122 valence electrons. The predicted molar refractivity (Wildman–Crippen MR) is 88.3 cm³/mol. The summed E-state index contributed by atoms with van der Waals surface area (Å²) >= 11 is 0. The van der Waals surface area contributed by atoms with Gasteiger partial charge in [0.05, 0.1) is 17.8 Å². The van der Waals surface area contributed by atoms with Crippen LogP contribution in [0.5, 0.6) is 0 Å². The van der Waals surface area contributed by atoms with Crippen LogP contribution in [0.3, 0.4) is 0 Å². The van der Waals surface area contributed by atoms with Gasteiger partial charge in [0.1, 0.15) is 0 Å². The first kappa shape index (κ1) is 17.0. The summed E-state index contributed by atoms with van der Waals surface area (Å²) in [6.07, 6.45) is 1.93. The van der Waals surface area contributed by atoms with Gasteiger partial charge >= 0.3 is 0 Å². The molecule has 0 unspecified atom stereocenters. The van der Waals surface area contributed by atoms with E-state index in [-0.39, 0.29) is 11.6 Å². The van der Waals surface area contributed by atoms with Crippen LogP contribution in [-0.2, 0) is 16.1 Å². The van der Waals surface area contributed by atoms with Crippen molar-refractivity contribution in [3.63, 3.8) is 0 Å². The smallest absolute Gasteiger partial charge is 0.243 e. The van der Waals surface area contributed by atoms with E-state index in [1.54, 1.807) is 0 Å². The third-order valence-electron chi connectivity index (χ3n) is 4.10. The average Bonchev–Trinajstić information content (AvgIpc) is 2.60. The number of hydrogen-bond acceptors (Lipinski definition) is 3. The Bertz CT molecular complexity index is 497. The molecular weight excluding hydrogens is 276 g/mol. The Balaban J connectivity index is 1.67. The highest BCUT2D eigenvalue weighted by atomic mass is 16.5. The number of amides is 1. The molecule has 2 rings (SSSR count). The van der Waals surface area contributed by atoms with E-state index in [1.807, 2.05) is 36.9 Å². The van der Waals surface area contributed by atoms with E-state index >= 15 is 0 Å². The Morgan fingerprint density at radius 2 is 1.77 bits per heavy atom. The second kappa shape index (κ2) is 6.80. The zero-order chi connectivity index (χ0) is 16.2. The summed E-state index contributed by atoms with van der Waals surface area (Å²) in [5, 5.41) is 3.39. The van der Waals surface area contributed by atoms with Crippen molar-refractivity contribution in [2.24, 2.45) is 0 Å². The maximum atomic E-state index is 12.4. The molecule has 4 heteroatoms. The zero-order valence-corrected chi connectivity index (χ0v) is 14.2. The fourth-order valence-corrected chi connectivity index (χ4v) is 3.10. The van der Waals surface area contributed by atoms with Gasteiger partial charge in [0.2, 0.25) is 5.91 Å². The Morgan fingerprint density at radius 3 is 2.36 bits per heavy atom. The van der Waals surface area contributed by atoms with Crippen molar-refractivity contribution in [3.05, 3.63) is 35.9 Å². The number of benzene rings is 1. The third-order valence-corrected chi connectivity index (χ3v) is 4.10. The van der Waals surface area contributed by atoms with E-state index in [0.717, 1.165) is 26.0 Å². The van der Waals surface area contributed by atoms with E-state index in [0.29, 0.717) is 6.61 Å². The third kappa shape index (κ3) is 4.08. The summed E-state index contributed by atoms with van der Waals surface area (Å²) < 4.78 is 5.69. The second-order valence-corrected chi connectivity index (χ2v) is 7.01. The molecule has 1 aliphatic heterocycles. The highest BCUT2D eigenvalue weighted by Crippen LogP contribution is 2.27. The summed E-state index contributed by atoms with van der Waals surface area (Å²) in [7, 11) is 0. The summed E-state index contributed by atoms with van der Waals surface area (Å²) in [4.78, 5) is 14.3. The molecule has 0 aliphatic carbocycles. The van der Waals surface area contributed by atoms with Crippen molar-refractivity contribution < 1.29 is 9.53 Å². The van der Waals surface area contributed by atoms with E-state index in [4.69, 9.17) is 4.74 Å². The number of unbranched alkanes of at least 4 members (excludes halogenated alkanes) is 1. The number of carbonyl (C=O) groups is 1. The van der Waals surface area contributed by atoms with Crippen LogP contribution in [0.25, 0.3) is 0 Å². The van der Waals surface area contributed by atoms with Crippen molar-refractivity contribution in [3.8, 4) is 0 Å². The lowest BCUT2D eigenvalue weighted by Gasteiger charge is -2.31. The molecular formula is C18H28N2O2. The van der Waals surface area contributed by atoms with Gasteiger partial charge < -0.3 is 9.64 Å². The normalized spacial score (nSPS) is 19.6. The molecule has 1 aromatic carbocycles. The minimum atomic E-state index is -0.465. The summed E-state index contributed by atoms with van der Waals surface area (Å²) in [5.74, 6) is 0.183. The Labute approximate surface area is 133 Å². The van der Waals surface area contributed by atoms with Crippen molar-refractivity contribution in [1.29, 1.82) is 0 Å². The van der Waals surface area contributed by atoms with Gasteiger partial charge in [-0.25, -0.2) is 0 Å². The van der Waals surface area contributed by atoms with Crippen molar-refractivity contribution in [2.75, 3.05) is 13.2 Å². The lowest BCUT2D eigenvalue weighted by molar-refractivity contribution is -0.133. The quantitative estimate of drug-likeness (QED) is 0.788. The topological polar surface area (TPSA) is 41.6 Å². The fraction of sp³-hybridized carbons (Fsp3) is 0.611. The highest BCUT2D eigenvalue weighted by Gasteiger charge is 2.48. The molecule has 1 aliphatic rings. The number of nitrogens with zero attached hydrogens (tertiary/aromatic N) is 1. The molecule has 1 N–H and O–H groups in total. The number of ether oxygens (including phenoxy) is 1. The minimum Gasteiger partial charge on any atom is -0.377 e. The first-order valence-corrected chi connectivity index (χ1v) is 8.06. The summed E-state index contributed by atoms with van der Waals surface area (Å²) in [6.45, 7) is 10.2. The molecule has 4 nitrogen and oxygen atoms in total. The molecule has 0 spiro atoms. The van der Waals surface area contributed by atoms with Gasteiger partial charge in [-0.3, -0.25) is 10.1 Å². The van der Waals surface area contributed by atoms with Crippen LogP contribution in [0.1, 0.15) is 46.1 Å². The van der Waals surface area contributed by atoms with E-state index < -0.39 is 5.54 Å². The first-order chi connectivity index (χ1) is 10.3. The van der Waals surface area contributed by atoms with Gasteiger partial charge in [-0.1, -0.05) is 30.3 Å². The molecule has 0 radical (unpaired) electrons. The van der Waals surface area contributed by atoms with Crippen molar-refractivity contribution in [1.82, 2.24) is 10.2 Å². The van der Waals surface area contributed by atoms with Crippen LogP contribution >= 0.6 is 0 Å². The Kier molecular flexibility index (Phi) is 5.24. The second-order valence-electron chi connectivity index (χ2n) is 7.01. The highest BCUT2D eigenvalue weighted by molar-refractivity contribution is 5.88. The molecule has 1 amide bonds. The maximum absolute atomic E-state index is 12.4. The Morgan fingerprint density at radius 1 is 1.09 bits per heavy atom. The van der Waals surface area contributed by atoms with Crippen molar-refractivity contribution in [2.45, 2.75) is 58.3 Å². The molecule has 22 heavy (non-hydrogen) atoms. The monoisotopic (exact) mass is 304 g/mol. The van der Waals surface area contributed by atoms with Crippen LogP contribution in [0.2, 0.25) is 0 Å². The lowest BCUT2D eigenvalue weighted by atomic mass is 10.1. The minimum absolute atomic E-state index is 0.183. The standard InChI is InChI=1S/C18H28N2O2/c1-17(2)16(21)20(18(3,4)19-17)12-8-9-13-22-14-15-10-6-5-7-11-15/h5-7,10-11,19H,8-9,12-14H2,1-4H3. The Hall–Kier alpha value is -1.39. The molecule has 0 bridgehead atoms. The summed E-state index contributed by atoms with van der Waals surface area (Å²) in [5.41, 5.74) is 0.461. The van der Waals surface area contributed by atoms with Gasteiger partial charge in [0.15, 0.2) is 0 Å². The zero-order valence-electron chi connectivity index (χ0n) is 14.2. The SMILES string of the molecule is CC1(C)NC(C)(C)N(CCCCOCc2ccccc2)C1=O. The van der Waals surface area contributed by atoms with Gasteiger partial charge in [-0.15, -0.1) is 0 Å². The molecule has 1 fully saturated rings.